The van der Waals surface area contributed by atoms with Crippen LogP contribution in [-0.4, -0.2) is 32.6 Å². The number of aryl methyl sites for hydroxylation is 1. The number of rotatable bonds is 5. The molecule has 19 heavy (non-hydrogen) atoms. The third-order valence-corrected chi connectivity index (χ3v) is 4.17. The summed E-state index contributed by atoms with van der Waals surface area (Å²) >= 11 is 0. The molecule has 1 unspecified atom stereocenters. The van der Waals surface area contributed by atoms with E-state index in [1.165, 1.54) is 12.1 Å². The molecular weight excluding hydrogens is 278 g/mol. The van der Waals surface area contributed by atoms with Crippen LogP contribution in [0, 0.1) is 13.8 Å². The lowest BCUT2D eigenvalue weighted by molar-refractivity contribution is -0.000451. The molecule has 0 fully saturated rings. The molecule has 0 spiro atoms. The maximum Gasteiger partial charge on any atom is 0.265 e. The molecule has 1 aromatic rings. The molecule has 0 saturated heterocycles. The van der Waals surface area contributed by atoms with Crippen molar-refractivity contribution >= 4 is 15.7 Å². The van der Waals surface area contributed by atoms with Crippen molar-refractivity contribution in [1.29, 1.82) is 0 Å². The Labute approximate surface area is 110 Å². The highest BCUT2D eigenvalue weighted by atomic mass is 32.2. The summed E-state index contributed by atoms with van der Waals surface area (Å²) in [5.74, 6) is 0. The Kier molecular flexibility index (Phi) is 4.83. The Bertz CT molecular complexity index is 538. The largest absolute Gasteiger partial charge is 0.398 e. The highest BCUT2D eigenvalue weighted by molar-refractivity contribution is 7.89. The van der Waals surface area contributed by atoms with E-state index in [2.05, 4.69) is 0 Å². The van der Waals surface area contributed by atoms with Crippen LogP contribution in [0.5, 0.6) is 0 Å². The smallest absolute Gasteiger partial charge is 0.265 e. The molecule has 0 heterocycles. The van der Waals surface area contributed by atoms with E-state index in [1.807, 2.05) is 4.72 Å². The second kappa shape index (κ2) is 5.81. The summed E-state index contributed by atoms with van der Waals surface area (Å²) in [6, 6.07) is 2.64. The van der Waals surface area contributed by atoms with Crippen molar-refractivity contribution in [2.75, 3.05) is 12.3 Å². The molecule has 5 nitrogen and oxygen atoms in total. The van der Waals surface area contributed by atoms with E-state index < -0.39 is 29.1 Å². The van der Waals surface area contributed by atoms with Crippen LogP contribution in [0.1, 0.15) is 11.1 Å². The number of aliphatic hydroxyl groups excluding tert-OH is 1. The van der Waals surface area contributed by atoms with E-state index in [4.69, 9.17) is 10.8 Å². The molecule has 0 radical (unpaired) electrons. The lowest BCUT2D eigenvalue weighted by Gasteiger charge is -2.13. The van der Waals surface area contributed by atoms with Gasteiger partial charge in [-0.2, -0.15) is 0 Å². The third kappa shape index (κ3) is 3.85. The van der Waals surface area contributed by atoms with Gasteiger partial charge in [0.1, 0.15) is 6.10 Å². The molecule has 1 atom stereocenters. The van der Waals surface area contributed by atoms with Crippen LogP contribution in [0.2, 0.25) is 0 Å². The Morgan fingerprint density at radius 2 is 1.95 bits per heavy atom. The number of aliphatic hydroxyl groups is 1. The van der Waals surface area contributed by atoms with Crippen LogP contribution in [0.3, 0.4) is 0 Å². The van der Waals surface area contributed by atoms with Gasteiger partial charge in [0.25, 0.3) is 6.43 Å². The Balaban J connectivity index is 2.95. The number of nitrogens with one attached hydrogen (secondary N) is 1. The van der Waals surface area contributed by atoms with Gasteiger partial charge in [-0.3, -0.25) is 0 Å². The summed E-state index contributed by atoms with van der Waals surface area (Å²) < 4.78 is 49.8. The van der Waals surface area contributed by atoms with Gasteiger partial charge in [0.15, 0.2) is 0 Å². The highest BCUT2D eigenvalue weighted by Gasteiger charge is 2.22. The minimum atomic E-state index is -3.97. The Morgan fingerprint density at radius 1 is 1.37 bits per heavy atom. The average molecular weight is 294 g/mol. The number of nitrogen functional groups attached to an aromatic ring is 1. The molecule has 8 heteroatoms. The second-order valence-corrected chi connectivity index (χ2v) is 5.98. The summed E-state index contributed by atoms with van der Waals surface area (Å²) in [6.07, 6.45) is -5.05. The minimum Gasteiger partial charge on any atom is -0.398 e. The van der Waals surface area contributed by atoms with Crippen molar-refractivity contribution in [2.45, 2.75) is 31.3 Å². The molecule has 0 aliphatic heterocycles. The number of hydrogen-bond donors (Lipinski definition) is 3. The number of benzene rings is 1. The van der Waals surface area contributed by atoms with Crippen LogP contribution in [0.15, 0.2) is 17.0 Å². The monoisotopic (exact) mass is 294 g/mol. The summed E-state index contributed by atoms with van der Waals surface area (Å²) in [5.41, 5.74) is 7.39. The molecule has 4 N–H and O–H groups in total. The molecule has 0 aliphatic rings. The van der Waals surface area contributed by atoms with Crippen molar-refractivity contribution in [1.82, 2.24) is 4.72 Å². The molecule has 0 aliphatic carbocycles. The minimum absolute atomic E-state index is 0.116. The zero-order chi connectivity index (χ0) is 14.8. The van der Waals surface area contributed by atoms with Gasteiger partial charge in [-0.05, 0) is 37.1 Å². The third-order valence-electron chi connectivity index (χ3n) is 2.76. The molecule has 1 rings (SSSR count). The van der Waals surface area contributed by atoms with E-state index in [-0.39, 0.29) is 4.90 Å². The van der Waals surface area contributed by atoms with Gasteiger partial charge >= 0.3 is 0 Å². The van der Waals surface area contributed by atoms with Gasteiger partial charge in [0.05, 0.1) is 4.90 Å². The summed E-state index contributed by atoms with van der Waals surface area (Å²) in [5, 5.41) is 8.89. The van der Waals surface area contributed by atoms with E-state index in [0.29, 0.717) is 11.3 Å². The normalized spacial score (nSPS) is 13.8. The lowest BCUT2D eigenvalue weighted by Crippen LogP contribution is -2.35. The average Bonchev–Trinajstić information content (AvgIpc) is 2.32. The van der Waals surface area contributed by atoms with Crippen LogP contribution in [0.25, 0.3) is 0 Å². The topological polar surface area (TPSA) is 92.4 Å². The first-order chi connectivity index (χ1) is 8.65. The van der Waals surface area contributed by atoms with Crippen molar-refractivity contribution in [3.05, 3.63) is 23.3 Å². The quantitative estimate of drug-likeness (QED) is 0.700. The zero-order valence-electron chi connectivity index (χ0n) is 10.5. The van der Waals surface area contributed by atoms with Crippen LogP contribution in [-0.2, 0) is 10.0 Å². The van der Waals surface area contributed by atoms with E-state index >= 15 is 0 Å². The molecule has 108 valence electrons. The number of sulfonamides is 1. The first-order valence-electron chi connectivity index (χ1n) is 5.47. The van der Waals surface area contributed by atoms with Crippen LogP contribution >= 0.6 is 0 Å². The van der Waals surface area contributed by atoms with Crippen LogP contribution < -0.4 is 10.5 Å². The van der Waals surface area contributed by atoms with Crippen molar-refractivity contribution in [3.8, 4) is 0 Å². The standard InChI is InChI=1S/C11H16F2N2O3S/c1-6-3-8(4-9(14)7(6)2)19(17,18)15-5-10(16)11(12)13/h3-4,10-11,15-16H,5,14H2,1-2H3. The first kappa shape index (κ1) is 15.8. The second-order valence-electron chi connectivity index (χ2n) is 4.21. The van der Waals surface area contributed by atoms with E-state index in [0.717, 1.165) is 5.56 Å². The van der Waals surface area contributed by atoms with Crippen molar-refractivity contribution in [3.63, 3.8) is 0 Å². The number of anilines is 1. The Hall–Kier alpha value is -1.25. The Morgan fingerprint density at radius 3 is 2.42 bits per heavy atom. The summed E-state index contributed by atoms with van der Waals surface area (Å²) in [7, 11) is -3.97. The SMILES string of the molecule is Cc1cc(S(=O)(=O)NCC(O)C(F)F)cc(N)c1C. The molecule has 0 amide bonds. The number of hydrogen-bond acceptors (Lipinski definition) is 4. The predicted molar refractivity (Wildman–Crippen MR) is 67.5 cm³/mol. The van der Waals surface area contributed by atoms with Gasteiger partial charge in [-0.25, -0.2) is 21.9 Å². The highest BCUT2D eigenvalue weighted by Crippen LogP contribution is 2.21. The predicted octanol–water partition coefficient (Wildman–Crippen LogP) is 0.790. The van der Waals surface area contributed by atoms with E-state index in [9.17, 15) is 17.2 Å². The summed E-state index contributed by atoms with van der Waals surface area (Å²) in [6.45, 7) is 2.68. The maximum atomic E-state index is 12.1. The number of alkyl halides is 2. The van der Waals surface area contributed by atoms with Crippen LogP contribution in [0.4, 0.5) is 14.5 Å². The van der Waals surface area contributed by atoms with Crippen molar-refractivity contribution in [2.24, 2.45) is 0 Å². The van der Waals surface area contributed by atoms with E-state index in [1.54, 1.807) is 13.8 Å². The molecule has 0 aromatic heterocycles. The van der Waals surface area contributed by atoms with Crippen molar-refractivity contribution < 1.29 is 22.3 Å². The first-order valence-corrected chi connectivity index (χ1v) is 6.96. The molecule has 0 saturated carbocycles. The number of nitrogens with two attached hydrogens (primary N) is 1. The lowest BCUT2D eigenvalue weighted by atomic mass is 10.1. The van der Waals surface area contributed by atoms with Gasteiger partial charge in [0, 0.05) is 12.2 Å². The fourth-order valence-corrected chi connectivity index (χ4v) is 2.55. The summed E-state index contributed by atoms with van der Waals surface area (Å²) in [4.78, 5) is -0.116. The fraction of sp³-hybridized carbons (Fsp3) is 0.455. The number of halogens is 2. The zero-order valence-corrected chi connectivity index (χ0v) is 11.3. The molecule has 1 aromatic carbocycles. The molecular formula is C11H16F2N2O3S. The van der Waals surface area contributed by atoms with Gasteiger partial charge < -0.3 is 10.8 Å². The van der Waals surface area contributed by atoms with Gasteiger partial charge in [-0.1, -0.05) is 0 Å². The van der Waals surface area contributed by atoms with Gasteiger partial charge in [0.2, 0.25) is 10.0 Å². The fourth-order valence-electron chi connectivity index (χ4n) is 1.38. The van der Waals surface area contributed by atoms with Gasteiger partial charge in [-0.15, -0.1) is 0 Å². The maximum absolute atomic E-state index is 12.1. The molecule has 0 bridgehead atoms.